The molecule has 0 unspecified atom stereocenters. The predicted molar refractivity (Wildman–Crippen MR) is 133 cm³/mol. The summed E-state index contributed by atoms with van der Waals surface area (Å²) in [6.07, 6.45) is -2.01. The standard InChI is InChI=1S/C24H23BrFNO6S2/c25-20-15-13-19(14-16-20)23(28)24(26)33-18-8-7-17-27(34(29,30)21-9-3-1-4-10-21)35(31,32)22-11-5-2-6-12-22/h1-6,9-16,24H,7-8,17-18H2/t24-/m1/s1. The Morgan fingerprint density at radius 1 is 0.800 bits per heavy atom. The van der Waals surface area contributed by atoms with E-state index in [9.17, 15) is 26.0 Å². The summed E-state index contributed by atoms with van der Waals surface area (Å²) in [5.74, 6) is -0.836. The van der Waals surface area contributed by atoms with Crippen molar-refractivity contribution >= 4 is 41.8 Å². The van der Waals surface area contributed by atoms with E-state index < -0.39 is 32.2 Å². The van der Waals surface area contributed by atoms with Crippen LogP contribution >= 0.6 is 15.9 Å². The van der Waals surface area contributed by atoms with E-state index in [0.717, 1.165) is 4.47 Å². The molecule has 0 amide bonds. The van der Waals surface area contributed by atoms with E-state index >= 15 is 0 Å². The number of benzene rings is 3. The fourth-order valence-corrected chi connectivity index (χ4v) is 7.17. The number of unbranched alkanes of at least 4 members (excludes halogenated alkanes) is 1. The van der Waals surface area contributed by atoms with Crippen molar-refractivity contribution in [3.05, 3.63) is 95.0 Å². The summed E-state index contributed by atoms with van der Waals surface area (Å²) in [6.45, 7) is -0.580. The van der Waals surface area contributed by atoms with Crippen molar-refractivity contribution in [3.63, 3.8) is 0 Å². The molecular formula is C24H23BrFNO6S2. The molecule has 0 fully saturated rings. The summed E-state index contributed by atoms with van der Waals surface area (Å²) >= 11 is 3.23. The first-order chi connectivity index (χ1) is 16.6. The summed E-state index contributed by atoms with van der Waals surface area (Å²) < 4.78 is 73.2. The maximum absolute atomic E-state index is 14.2. The molecule has 0 spiro atoms. The van der Waals surface area contributed by atoms with Crippen molar-refractivity contribution < 1.29 is 30.8 Å². The van der Waals surface area contributed by atoms with Crippen LogP contribution in [0.1, 0.15) is 23.2 Å². The first-order valence-electron chi connectivity index (χ1n) is 10.6. The maximum Gasteiger partial charge on any atom is 0.262 e. The van der Waals surface area contributed by atoms with Gasteiger partial charge in [-0.05, 0) is 49.2 Å². The molecule has 0 saturated heterocycles. The molecular weight excluding hydrogens is 561 g/mol. The monoisotopic (exact) mass is 583 g/mol. The molecule has 7 nitrogen and oxygen atoms in total. The van der Waals surface area contributed by atoms with Gasteiger partial charge >= 0.3 is 0 Å². The molecule has 0 saturated carbocycles. The molecule has 1 atom stereocenters. The molecule has 35 heavy (non-hydrogen) atoms. The number of hydrogen-bond acceptors (Lipinski definition) is 6. The summed E-state index contributed by atoms with van der Waals surface area (Å²) in [4.78, 5) is 11.8. The van der Waals surface area contributed by atoms with Crippen LogP contribution in [0.4, 0.5) is 4.39 Å². The van der Waals surface area contributed by atoms with Gasteiger partial charge in [0.05, 0.1) is 16.4 Å². The number of halogens is 2. The third-order valence-electron chi connectivity index (χ3n) is 4.95. The summed E-state index contributed by atoms with van der Waals surface area (Å²) in [5, 5.41) is 0. The molecule has 11 heteroatoms. The van der Waals surface area contributed by atoms with Gasteiger partial charge in [0.1, 0.15) is 0 Å². The molecule has 0 aliphatic rings. The lowest BCUT2D eigenvalue weighted by molar-refractivity contribution is -0.0220. The lowest BCUT2D eigenvalue weighted by Crippen LogP contribution is -2.37. The number of hydrogen-bond donors (Lipinski definition) is 0. The second-order valence-electron chi connectivity index (χ2n) is 7.40. The summed E-state index contributed by atoms with van der Waals surface area (Å²) in [6, 6.07) is 20.6. The molecule has 0 aliphatic heterocycles. The number of rotatable bonds is 12. The minimum atomic E-state index is -4.39. The Kier molecular flexibility index (Phi) is 9.31. The summed E-state index contributed by atoms with van der Waals surface area (Å²) in [7, 11) is -8.78. The van der Waals surface area contributed by atoms with E-state index in [-0.39, 0.29) is 41.3 Å². The molecule has 3 aromatic rings. The first-order valence-corrected chi connectivity index (χ1v) is 14.2. The molecule has 0 heterocycles. The molecule has 3 aromatic carbocycles. The van der Waals surface area contributed by atoms with Gasteiger partial charge in [-0.15, -0.1) is 0 Å². The van der Waals surface area contributed by atoms with E-state index in [2.05, 4.69) is 15.9 Å². The number of carbonyl (C=O) groups is 1. The fraction of sp³-hybridized carbons (Fsp3) is 0.208. The van der Waals surface area contributed by atoms with Crippen LogP contribution in [-0.2, 0) is 24.8 Å². The van der Waals surface area contributed by atoms with Gasteiger partial charge < -0.3 is 4.74 Å². The molecule has 186 valence electrons. The highest BCUT2D eigenvalue weighted by molar-refractivity contribution is 9.10. The van der Waals surface area contributed by atoms with Crippen LogP contribution in [0.3, 0.4) is 0 Å². The Bertz CT molecular complexity index is 1270. The molecule has 0 N–H and O–H groups in total. The third-order valence-corrected chi connectivity index (χ3v) is 9.83. The van der Waals surface area contributed by atoms with E-state index in [0.29, 0.717) is 3.71 Å². The van der Waals surface area contributed by atoms with Gasteiger partial charge in [-0.25, -0.2) is 21.2 Å². The number of sulfonamides is 2. The van der Waals surface area contributed by atoms with Crippen molar-refractivity contribution in [1.82, 2.24) is 3.71 Å². The van der Waals surface area contributed by atoms with Gasteiger partial charge in [0, 0.05) is 16.6 Å². The quantitative estimate of drug-likeness (QED) is 0.224. The van der Waals surface area contributed by atoms with Crippen molar-refractivity contribution in [2.45, 2.75) is 29.0 Å². The van der Waals surface area contributed by atoms with E-state index in [1.807, 2.05) is 0 Å². The van der Waals surface area contributed by atoms with Crippen LogP contribution in [0.5, 0.6) is 0 Å². The average Bonchev–Trinajstić information content (AvgIpc) is 2.86. The lowest BCUT2D eigenvalue weighted by atomic mass is 10.1. The highest BCUT2D eigenvalue weighted by atomic mass is 79.9. The zero-order valence-corrected chi connectivity index (χ0v) is 21.7. The van der Waals surface area contributed by atoms with E-state index in [4.69, 9.17) is 4.74 Å². The summed E-state index contributed by atoms with van der Waals surface area (Å²) in [5.41, 5.74) is 0.148. The zero-order chi connectivity index (χ0) is 25.5. The fourth-order valence-electron chi connectivity index (χ4n) is 3.14. The van der Waals surface area contributed by atoms with Gasteiger partial charge in [-0.1, -0.05) is 68.2 Å². The molecule has 0 aromatic heterocycles. The number of ether oxygens (including phenoxy) is 1. The van der Waals surface area contributed by atoms with Crippen LogP contribution in [-0.4, -0.2) is 45.8 Å². The highest BCUT2D eigenvalue weighted by Gasteiger charge is 2.36. The molecule has 0 aliphatic carbocycles. The van der Waals surface area contributed by atoms with Crippen LogP contribution in [0, 0.1) is 0 Å². The molecule has 3 rings (SSSR count). The first kappa shape index (κ1) is 27.2. The Labute approximate surface area is 212 Å². The van der Waals surface area contributed by atoms with Crippen LogP contribution in [0.25, 0.3) is 0 Å². The number of ketones is 1. The van der Waals surface area contributed by atoms with Gasteiger partial charge in [-0.2, -0.15) is 0 Å². The topological polar surface area (TPSA) is 97.8 Å². The van der Waals surface area contributed by atoms with Crippen molar-refractivity contribution in [1.29, 1.82) is 0 Å². The Morgan fingerprint density at radius 2 is 1.29 bits per heavy atom. The van der Waals surface area contributed by atoms with Gasteiger partial charge in [-0.3, -0.25) is 4.79 Å². The minimum absolute atomic E-state index is 0.0529. The second kappa shape index (κ2) is 12.0. The Balaban J connectivity index is 1.67. The number of nitrogens with zero attached hydrogens (tertiary/aromatic N) is 1. The van der Waals surface area contributed by atoms with Gasteiger partial charge in [0.25, 0.3) is 26.4 Å². The van der Waals surface area contributed by atoms with Gasteiger partial charge in [0.2, 0.25) is 5.78 Å². The zero-order valence-electron chi connectivity index (χ0n) is 18.5. The van der Waals surface area contributed by atoms with E-state index in [1.165, 1.54) is 60.7 Å². The lowest BCUT2D eigenvalue weighted by Gasteiger charge is -2.22. The predicted octanol–water partition coefficient (Wildman–Crippen LogP) is 4.80. The van der Waals surface area contributed by atoms with Crippen molar-refractivity contribution in [3.8, 4) is 0 Å². The maximum atomic E-state index is 14.2. The third kappa shape index (κ3) is 6.83. The molecule has 0 radical (unpaired) electrons. The van der Waals surface area contributed by atoms with Crippen molar-refractivity contribution in [2.75, 3.05) is 13.2 Å². The number of alkyl halides is 1. The van der Waals surface area contributed by atoms with Crippen LogP contribution in [0.2, 0.25) is 0 Å². The van der Waals surface area contributed by atoms with Crippen LogP contribution in [0.15, 0.2) is 99.2 Å². The van der Waals surface area contributed by atoms with Gasteiger partial charge in [0.15, 0.2) is 0 Å². The van der Waals surface area contributed by atoms with Crippen LogP contribution < -0.4 is 0 Å². The normalized spacial score (nSPS) is 13.0. The number of Topliss-reactive ketones (excluding diaryl/α,β-unsaturated/α-hetero) is 1. The second-order valence-corrected chi connectivity index (χ2v) is 12.3. The van der Waals surface area contributed by atoms with Crippen molar-refractivity contribution in [2.24, 2.45) is 0 Å². The minimum Gasteiger partial charge on any atom is -0.342 e. The largest absolute Gasteiger partial charge is 0.342 e. The SMILES string of the molecule is O=C(c1ccc(Br)cc1)[C@H](F)OCCCCN(S(=O)(=O)c1ccccc1)S(=O)(=O)c1ccccc1. The highest BCUT2D eigenvalue weighted by Crippen LogP contribution is 2.25. The Morgan fingerprint density at radius 3 is 1.77 bits per heavy atom. The number of carbonyl (C=O) groups excluding carboxylic acids is 1. The smallest absolute Gasteiger partial charge is 0.262 e. The molecule has 0 bridgehead atoms. The van der Waals surface area contributed by atoms with E-state index in [1.54, 1.807) is 24.3 Å². The Hall–Kier alpha value is -2.44. The average molecular weight is 584 g/mol.